The summed E-state index contributed by atoms with van der Waals surface area (Å²) in [6.45, 7) is 8.30. The number of ether oxygens (including phenoxy) is 1. The molecule has 0 spiro atoms. The summed E-state index contributed by atoms with van der Waals surface area (Å²) in [6.07, 6.45) is 12.0. The van der Waals surface area contributed by atoms with E-state index in [0.717, 1.165) is 24.3 Å². The normalized spacial score (nSPS) is 34.6. The molecule has 3 atom stereocenters. The van der Waals surface area contributed by atoms with Gasteiger partial charge in [-0.1, -0.05) is 40.0 Å². The molecule has 0 amide bonds. The van der Waals surface area contributed by atoms with Gasteiger partial charge in [-0.2, -0.15) is 0 Å². The van der Waals surface area contributed by atoms with Crippen LogP contribution in [0.1, 0.15) is 78.6 Å². The van der Waals surface area contributed by atoms with Crippen LogP contribution in [0.25, 0.3) is 0 Å². The van der Waals surface area contributed by atoms with E-state index in [-0.39, 0.29) is 5.60 Å². The lowest BCUT2D eigenvalue weighted by molar-refractivity contribution is -0.0891. The van der Waals surface area contributed by atoms with E-state index < -0.39 is 0 Å². The molecule has 0 bridgehead atoms. The second-order valence-electron chi connectivity index (χ2n) is 7.94. The molecule has 21 heavy (non-hydrogen) atoms. The molecule has 2 aliphatic carbocycles. The molecule has 2 nitrogen and oxygen atoms in total. The van der Waals surface area contributed by atoms with Gasteiger partial charge in [-0.3, -0.25) is 0 Å². The molecule has 2 rings (SSSR count). The predicted molar refractivity (Wildman–Crippen MR) is 90.6 cm³/mol. The maximum atomic E-state index is 6.20. The van der Waals surface area contributed by atoms with Crippen LogP contribution in [0.5, 0.6) is 0 Å². The molecule has 0 saturated heterocycles. The van der Waals surface area contributed by atoms with Crippen LogP contribution in [0.4, 0.5) is 0 Å². The van der Waals surface area contributed by atoms with E-state index in [1.807, 2.05) is 7.11 Å². The average Bonchev–Trinajstić information content (AvgIpc) is 2.47. The Labute approximate surface area is 132 Å². The Morgan fingerprint density at radius 3 is 2.19 bits per heavy atom. The minimum absolute atomic E-state index is 0.106. The van der Waals surface area contributed by atoms with Crippen LogP contribution in [0, 0.1) is 17.8 Å². The van der Waals surface area contributed by atoms with Crippen LogP contribution in [0.2, 0.25) is 0 Å². The number of hydrogen-bond acceptors (Lipinski definition) is 2. The van der Waals surface area contributed by atoms with Gasteiger partial charge in [0.15, 0.2) is 0 Å². The SMILES string of the molecule is CCCNC(C1CC(C)CC(C)C1)C1(OC)CCCCC1. The van der Waals surface area contributed by atoms with Crippen LogP contribution in [0.15, 0.2) is 0 Å². The summed E-state index contributed by atoms with van der Waals surface area (Å²) in [5, 5.41) is 3.92. The average molecular weight is 296 g/mol. The lowest BCUT2D eigenvalue weighted by Gasteiger charge is -2.48. The van der Waals surface area contributed by atoms with Gasteiger partial charge in [0, 0.05) is 13.2 Å². The fraction of sp³-hybridized carbons (Fsp3) is 1.00. The quantitative estimate of drug-likeness (QED) is 0.761. The zero-order valence-electron chi connectivity index (χ0n) is 14.8. The van der Waals surface area contributed by atoms with E-state index in [0.29, 0.717) is 6.04 Å². The Hall–Kier alpha value is -0.0800. The molecule has 2 saturated carbocycles. The van der Waals surface area contributed by atoms with Gasteiger partial charge >= 0.3 is 0 Å². The smallest absolute Gasteiger partial charge is 0.0833 e. The molecule has 124 valence electrons. The first kappa shape index (κ1) is 17.3. The van der Waals surface area contributed by atoms with E-state index >= 15 is 0 Å². The second-order valence-corrected chi connectivity index (χ2v) is 7.94. The van der Waals surface area contributed by atoms with Gasteiger partial charge in [-0.25, -0.2) is 0 Å². The van der Waals surface area contributed by atoms with Crippen LogP contribution in [-0.2, 0) is 4.74 Å². The zero-order valence-corrected chi connectivity index (χ0v) is 14.8. The number of methoxy groups -OCH3 is 1. The van der Waals surface area contributed by atoms with Gasteiger partial charge in [-0.05, 0) is 62.8 Å². The first-order valence-electron chi connectivity index (χ1n) is 9.40. The highest BCUT2D eigenvalue weighted by atomic mass is 16.5. The predicted octanol–water partition coefficient (Wildman–Crippen LogP) is 4.78. The van der Waals surface area contributed by atoms with Gasteiger partial charge in [0.05, 0.1) is 5.60 Å². The highest BCUT2D eigenvalue weighted by Gasteiger charge is 2.45. The van der Waals surface area contributed by atoms with Crippen LogP contribution in [-0.4, -0.2) is 25.3 Å². The summed E-state index contributed by atoms with van der Waals surface area (Å²) in [5.74, 6) is 2.55. The van der Waals surface area contributed by atoms with E-state index in [1.54, 1.807) is 0 Å². The van der Waals surface area contributed by atoms with E-state index in [1.165, 1.54) is 57.8 Å². The van der Waals surface area contributed by atoms with Crippen molar-refractivity contribution in [3.05, 3.63) is 0 Å². The Balaban J connectivity index is 2.15. The lowest BCUT2D eigenvalue weighted by atomic mass is 9.66. The third kappa shape index (κ3) is 4.22. The first-order valence-corrected chi connectivity index (χ1v) is 9.40. The molecule has 2 fully saturated rings. The molecule has 0 heterocycles. The van der Waals surface area contributed by atoms with Gasteiger partial charge in [0.1, 0.15) is 0 Å². The fourth-order valence-corrected chi connectivity index (χ4v) is 5.16. The third-order valence-electron chi connectivity index (χ3n) is 5.97. The zero-order chi connectivity index (χ0) is 15.3. The van der Waals surface area contributed by atoms with Crippen molar-refractivity contribution in [3.63, 3.8) is 0 Å². The maximum Gasteiger partial charge on any atom is 0.0833 e. The fourth-order valence-electron chi connectivity index (χ4n) is 5.16. The summed E-state index contributed by atoms with van der Waals surface area (Å²) in [4.78, 5) is 0. The van der Waals surface area contributed by atoms with Crippen LogP contribution in [0.3, 0.4) is 0 Å². The van der Waals surface area contributed by atoms with Crippen molar-refractivity contribution in [3.8, 4) is 0 Å². The molecule has 0 aliphatic heterocycles. The van der Waals surface area contributed by atoms with E-state index in [4.69, 9.17) is 4.74 Å². The second kappa shape index (κ2) is 7.97. The van der Waals surface area contributed by atoms with E-state index in [2.05, 4.69) is 26.1 Å². The lowest BCUT2D eigenvalue weighted by Crippen LogP contribution is -2.58. The minimum Gasteiger partial charge on any atom is -0.377 e. The summed E-state index contributed by atoms with van der Waals surface area (Å²) >= 11 is 0. The van der Waals surface area contributed by atoms with Crippen molar-refractivity contribution in [1.82, 2.24) is 5.32 Å². The Bertz CT molecular complexity index is 288. The van der Waals surface area contributed by atoms with Crippen molar-refractivity contribution in [1.29, 1.82) is 0 Å². The molecular weight excluding hydrogens is 258 g/mol. The largest absolute Gasteiger partial charge is 0.377 e. The standard InChI is InChI=1S/C19H37NO/c1-5-11-20-18(17-13-15(2)12-16(3)14-17)19(21-4)9-7-6-8-10-19/h15-18,20H,5-14H2,1-4H3. The van der Waals surface area contributed by atoms with Crippen LogP contribution >= 0.6 is 0 Å². The van der Waals surface area contributed by atoms with Gasteiger partial charge in [0.2, 0.25) is 0 Å². The Kier molecular flexibility index (Phi) is 6.55. The molecule has 3 unspecified atom stereocenters. The van der Waals surface area contributed by atoms with Gasteiger partial charge in [0.25, 0.3) is 0 Å². The molecule has 0 aromatic rings. The Morgan fingerprint density at radius 2 is 1.67 bits per heavy atom. The molecule has 1 N–H and O–H groups in total. The number of nitrogens with one attached hydrogen (secondary N) is 1. The minimum atomic E-state index is 0.106. The van der Waals surface area contributed by atoms with Gasteiger partial charge in [-0.15, -0.1) is 0 Å². The summed E-state index contributed by atoms with van der Waals surface area (Å²) in [7, 11) is 1.96. The summed E-state index contributed by atoms with van der Waals surface area (Å²) in [6, 6.07) is 0.563. The Morgan fingerprint density at radius 1 is 1.05 bits per heavy atom. The van der Waals surface area contributed by atoms with Crippen molar-refractivity contribution in [2.45, 2.75) is 90.2 Å². The third-order valence-corrected chi connectivity index (χ3v) is 5.97. The highest BCUT2D eigenvalue weighted by molar-refractivity contribution is 5.00. The molecular formula is C19H37NO. The van der Waals surface area contributed by atoms with Crippen molar-refractivity contribution < 1.29 is 4.74 Å². The summed E-state index contributed by atoms with van der Waals surface area (Å²) < 4.78 is 6.20. The van der Waals surface area contributed by atoms with E-state index in [9.17, 15) is 0 Å². The molecule has 2 heteroatoms. The first-order chi connectivity index (χ1) is 10.1. The number of rotatable bonds is 6. The molecule has 0 radical (unpaired) electrons. The van der Waals surface area contributed by atoms with Gasteiger partial charge < -0.3 is 10.1 Å². The van der Waals surface area contributed by atoms with Crippen molar-refractivity contribution >= 4 is 0 Å². The highest BCUT2D eigenvalue weighted by Crippen LogP contribution is 2.43. The summed E-state index contributed by atoms with van der Waals surface area (Å²) in [5.41, 5.74) is 0.106. The molecule has 2 aliphatic rings. The topological polar surface area (TPSA) is 21.3 Å². The molecule has 0 aromatic heterocycles. The van der Waals surface area contributed by atoms with Crippen molar-refractivity contribution in [2.75, 3.05) is 13.7 Å². The molecule has 0 aromatic carbocycles. The number of hydrogen-bond donors (Lipinski definition) is 1. The van der Waals surface area contributed by atoms with Crippen LogP contribution < -0.4 is 5.32 Å². The maximum absolute atomic E-state index is 6.20. The monoisotopic (exact) mass is 295 g/mol. The van der Waals surface area contributed by atoms with Crippen molar-refractivity contribution in [2.24, 2.45) is 17.8 Å².